The van der Waals surface area contributed by atoms with E-state index in [-0.39, 0.29) is 17.2 Å². The predicted molar refractivity (Wildman–Crippen MR) is 126 cm³/mol. The molecular weight excluding hydrogens is 378 g/mol. The lowest BCUT2D eigenvalue weighted by Crippen LogP contribution is -2.42. The molecule has 164 valence electrons. The molecule has 0 aliphatic heterocycles. The summed E-state index contributed by atoms with van der Waals surface area (Å²) >= 11 is 0. The lowest BCUT2D eigenvalue weighted by atomic mass is 9.99. The molecule has 29 heavy (non-hydrogen) atoms. The van der Waals surface area contributed by atoms with Crippen LogP contribution in [-0.4, -0.2) is 32.7 Å². The second kappa shape index (κ2) is 9.94. The average Bonchev–Trinajstić information content (AvgIpc) is 2.50. The molecule has 0 aromatic heterocycles. The highest BCUT2D eigenvalue weighted by molar-refractivity contribution is 6.74. The number of hydrogen-bond acceptors (Lipinski definition) is 3. The van der Waals surface area contributed by atoms with Gasteiger partial charge in [0.1, 0.15) is 5.60 Å². The lowest BCUT2D eigenvalue weighted by Gasteiger charge is -2.37. The molecule has 0 unspecified atom stereocenters. The van der Waals surface area contributed by atoms with Gasteiger partial charge >= 0.3 is 6.09 Å². The van der Waals surface area contributed by atoms with Gasteiger partial charge in [-0.25, -0.2) is 4.79 Å². The fourth-order valence-electron chi connectivity index (χ4n) is 2.72. The summed E-state index contributed by atoms with van der Waals surface area (Å²) in [7, 11) is -1.80. The van der Waals surface area contributed by atoms with Crippen LogP contribution in [0.15, 0.2) is 24.3 Å². The monoisotopic (exact) mass is 419 g/mol. The Balaban J connectivity index is 2.80. The number of carbonyl (C=O) groups is 1. The van der Waals surface area contributed by atoms with E-state index in [1.807, 2.05) is 20.8 Å². The Labute approximate surface area is 179 Å². The minimum absolute atomic E-state index is 0.0586. The molecule has 1 aromatic rings. The number of ether oxygens (including phenoxy) is 1. The Kier molecular flexibility index (Phi) is 8.72. The molecule has 4 nitrogen and oxygen atoms in total. The van der Waals surface area contributed by atoms with E-state index in [9.17, 15) is 4.79 Å². The fraction of sp³-hybridized carbons (Fsp3) is 0.625. The predicted octanol–water partition coefficient (Wildman–Crippen LogP) is 6.49. The quantitative estimate of drug-likeness (QED) is 0.514. The van der Waals surface area contributed by atoms with E-state index >= 15 is 0 Å². The summed E-state index contributed by atoms with van der Waals surface area (Å²) in [5.41, 5.74) is 3.14. The molecule has 0 saturated heterocycles. The van der Waals surface area contributed by atoms with Crippen molar-refractivity contribution >= 4 is 20.5 Å². The Hall–Kier alpha value is -1.59. The SMILES string of the molecule is Cc1cccc(CCNC(=O)OC(C)(C)C)c1/C=C/[C@H](C)O[Si](C)(C)C(C)(C)C. The van der Waals surface area contributed by atoms with Gasteiger partial charge in [0.25, 0.3) is 0 Å². The van der Waals surface area contributed by atoms with Gasteiger partial charge in [-0.1, -0.05) is 51.1 Å². The number of amides is 1. The van der Waals surface area contributed by atoms with Gasteiger partial charge in [-0.05, 0) is 75.9 Å². The number of carbonyl (C=O) groups excluding carboxylic acids is 1. The molecule has 0 aliphatic rings. The first-order chi connectivity index (χ1) is 13.1. The van der Waals surface area contributed by atoms with E-state index in [0.29, 0.717) is 6.54 Å². The van der Waals surface area contributed by atoms with Crippen molar-refractivity contribution in [2.75, 3.05) is 6.54 Å². The molecule has 1 aromatic carbocycles. The van der Waals surface area contributed by atoms with Crippen LogP contribution in [0.4, 0.5) is 4.79 Å². The van der Waals surface area contributed by atoms with Gasteiger partial charge in [0, 0.05) is 6.54 Å². The van der Waals surface area contributed by atoms with E-state index in [1.54, 1.807) is 0 Å². The Morgan fingerprint density at radius 1 is 1.17 bits per heavy atom. The van der Waals surface area contributed by atoms with Gasteiger partial charge in [-0.3, -0.25) is 0 Å². The van der Waals surface area contributed by atoms with Crippen LogP contribution in [0.25, 0.3) is 6.08 Å². The Morgan fingerprint density at radius 2 is 1.79 bits per heavy atom. The number of nitrogens with one attached hydrogen (secondary N) is 1. The van der Waals surface area contributed by atoms with Crippen molar-refractivity contribution in [1.29, 1.82) is 0 Å². The molecule has 1 N–H and O–H groups in total. The van der Waals surface area contributed by atoms with E-state index in [2.05, 4.69) is 83.4 Å². The summed E-state index contributed by atoms with van der Waals surface area (Å²) in [6.45, 7) is 21.7. The summed E-state index contributed by atoms with van der Waals surface area (Å²) in [5.74, 6) is 0. The van der Waals surface area contributed by atoms with Crippen LogP contribution >= 0.6 is 0 Å². The highest BCUT2D eigenvalue weighted by Gasteiger charge is 2.38. The van der Waals surface area contributed by atoms with Crippen molar-refractivity contribution < 1.29 is 14.0 Å². The maximum Gasteiger partial charge on any atom is 0.407 e. The molecule has 0 heterocycles. The van der Waals surface area contributed by atoms with Crippen LogP contribution in [0, 0.1) is 6.92 Å². The molecule has 0 saturated carbocycles. The smallest absolute Gasteiger partial charge is 0.407 e. The molecule has 1 atom stereocenters. The maximum absolute atomic E-state index is 11.9. The minimum Gasteiger partial charge on any atom is -0.444 e. The second-order valence-electron chi connectivity index (χ2n) is 10.3. The molecule has 1 amide bonds. The third-order valence-electron chi connectivity index (χ3n) is 5.30. The first-order valence-corrected chi connectivity index (χ1v) is 13.4. The van der Waals surface area contributed by atoms with Gasteiger partial charge in [0.15, 0.2) is 8.32 Å². The first kappa shape index (κ1) is 25.4. The summed E-state index contributed by atoms with van der Waals surface area (Å²) in [6, 6.07) is 6.29. The Morgan fingerprint density at radius 3 is 2.34 bits per heavy atom. The van der Waals surface area contributed by atoms with Crippen molar-refractivity contribution in [2.24, 2.45) is 0 Å². The Bertz CT molecular complexity index is 712. The van der Waals surface area contributed by atoms with Crippen LogP contribution in [0.3, 0.4) is 0 Å². The summed E-state index contributed by atoms with van der Waals surface area (Å²) in [4.78, 5) is 11.9. The standard InChI is InChI=1S/C24H41NO3Si/c1-18-12-11-13-20(16-17-25-22(26)27-23(3,4)5)21(18)15-14-19(2)28-29(9,10)24(6,7)8/h11-15,19H,16-17H2,1-10H3,(H,25,26)/b15-14+/t19-/m0/s1. The van der Waals surface area contributed by atoms with Crippen LogP contribution < -0.4 is 5.32 Å². The molecular formula is C24H41NO3Si. The number of aryl methyl sites for hydroxylation is 1. The van der Waals surface area contributed by atoms with Crippen molar-refractivity contribution in [3.05, 3.63) is 41.0 Å². The van der Waals surface area contributed by atoms with Crippen molar-refractivity contribution in [2.45, 2.75) is 91.6 Å². The van der Waals surface area contributed by atoms with Crippen LogP contribution in [0.5, 0.6) is 0 Å². The van der Waals surface area contributed by atoms with Gasteiger partial charge in [-0.2, -0.15) is 0 Å². The van der Waals surface area contributed by atoms with Crippen molar-refractivity contribution in [3.63, 3.8) is 0 Å². The molecule has 0 radical (unpaired) electrons. The maximum atomic E-state index is 11.9. The molecule has 0 spiro atoms. The molecule has 0 bridgehead atoms. The molecule has 5 heteroatoms. The minimum atomic E-state index is -1.80. The third kappa shape index (κ3) is 8.75. The molecule has 1 rings (SSSR count). The van der Waals surface area contributed by atoms with Crippen molar-refractivity contribution in [3.8, 4) is 0 Å². The normalized spacial score (nSPS) is 14.1. The number of rotatable bonds is 7. The van der Waals surface area contributed by atoms with E-state index in [4.69, 9.17) is 9.16 Å². The van der Waals surface area contributed by atoms with Crippen molar-refractivity contribution in [1.82, 2.24) is 5.32 Å². The zero-order valence-electron chi connectivity index (χ0n) is 20.1. The number of alkyl carbamates (subject to hydrolysis) is 1. The summed E-state index contributed by atoms with van der Waals surface area (Å²) in [5, 5.41) is 3.03. The van der Waals surface area contributed by atoms with Crippen LogP contribution in [0.2, 0.25) is 18.1 Å². The number of hydrogen-bond donors (Lipinski definition) is 1. The highest BCUT2D eigenvalue weighted by atomic mass is 28.4. The topological polar surface area (TPSA) is 47.6 Å². The van der Waals surface area contributed by atoms with E-state index in [0.717, 1.165) is 6.42 Å². The summed E-state index contributed by atoms with van der Waals surface area (Å²) < 4.78 is 11.7. The second-order valence-corrected chi connectivity index (χ2v) is 15.0. The first-order valence-electron chi connectivity index (χ1n) is 10.5. The van der Waals surface area contributed by atoms with Crippen LogP contribution in [0.1, 0.15) is 65.2 Å². The fourth-order valence-corrected chi connectivity index (χ4v) is 4.09. The summed E-state index contributed by atoms with van der Waals surface area (Å²) in [6.07, 6.45) is 4.74. The largest absolute Gasteiger partial charge is 0.444 e. The van der Waals surface area contributed by atoms with E-state index in [1.165, 1.54) is 16.7 Å². The zero-order chi connectivity index (χ0) is 22.5. The third-order valence-corrected chi connectivity index (χ3v) is 9.87. The molecule has 0 fully saturated rings. The number of benzene rings is 1. The molecule has 0 aliphatic carbocycles. The van der Waals surface area contributed by atoms with Gasteiger partial charge < -0.3 is 14.5 Å². The van der Waals surface area contributed by atoms with Gasteiger partial charge in [0.2, 0.25) is 0 Å². The zero-order valence-corrected chi connectivity index (χ0v) is 21.1. The van der Waals surface area contributed by atoms with Crippen LogP contribution in [-0.2, 0) is 15.6 Å². The van der Waals surface area contributed by atoms with Gasteiger partial charge in [0.05, 0.1) is 6.10 Å². The lowest BCUT2D eigenvalue weighted by molar-refractivity contribution is 0.0528. The highest BCUT2D eigenvalue weighted by Crippen LogP contribution is 2.37. The van der Waals surface area contributed by atoms with Gasteiger partial charge in [-0.15, -0.1) is 0 Å². The average molecular weight is 420 g/mol. The van der Waals surface area contributed by atoms with E-state index < -0.39 is 13.9 Å².